The predicted octanol–water partition coefficient (Wildman–Crippen LogP) is 3.19. The molecular formula is C12H13BrClN3. The van der Waals surface area contributed by atoms with Crippen LogP contribution in [0.2, 0.25) is 5.02 Å². The molecule has 1 heterocycles. The summed E-state index contributed by atoms with van der Waals surface area (Å²) in [6.07, 6.45) is 1.62. The van der Waals surface area contributed by atoms with Gasteiger partial charge in [0.1, 0.15) is 0 Å². The molecule has 5 heteroatoms. The summed E-state index contributed by atoms with van der Waals surface area (Å²) in [7, 11) is 1.84. The van der Waals surface area contributed by atoms with E-state index in [0.717, 1.165) is 21.3 Å². The lowest BCUT2D eigenvalue weighted by Crippen LogP contribution is -2.17. The summed E-state index contributed by atoms with van der Waals surface area (Å²) in [5.41, 5.74) is 9.27. The number of nitrogens with two attached hydrogens (primary N) is 1. The van der Waals surface area contributed by atoms with Gasteiger partial charge in [0, 0.05) is 11.5 Å². The van der Waals surface area contributed by atoms with Gasteiger partial charge in [0.2, 0.25) is 0 Å². The van der Waals surface area contributed by atoms with Gasteiger partial charge in [0.15, 0.2) is 0 Å². The fraction of sp³-hybridized carbons (Fsp3) is 0.250. The Morgan fingerprint density at radius 3 is 2.71 bits per heavy atom. The number of rotatable bonds is 2. The molecule has 17 heavy (non-hydrogen) atoms. The van der Waals surface area contributed by atoms with Crippen LogP contribution in [0, 0.1) is 6.92 Å². The molecule has 2 aromatic rings. The van der Waals surface area contributed by atoms with E-state index in [1.807, 2.05) is 32.2 Å². The number of halogens is 2. The molecule has 0 aliphatic carbocycles. The second kappa shape index (κ2) is 4.80. The van der Waals surface area contributed by atoms with Gasteiger partial charge < -0.3 is 5.73 Å². The highest BCUT2D eigenvalue weighted by molar-refractivity contribution is 9.10. The Bertz CT molecular complexity index is 531. The van der Waals surface area contributed by atoms with Crippen molar-refractivity contribution in [1.82, 2.24) is 9.78 Å². The van der Waals surface area contributed by atoms with Gasteiger partial charge in [-0.1, -0.05) is 33.6 Å². The van der Waals surface area contributed by atoms with E-state index in [-0.39, 0.29) is 6.04 Å². The first-order chi connectivity index (χ1) is 8.00. The number of aryl methyl sites for hydroxylation is 2. The van der Waals surface area contributed by atoms with E-state index < -0.39 is 0 Å². The smallest absolute Gasteiger partial charge is 0.0837 e. The van der Waals surface area contributed by atoms with Crippen LogP contribution in [0.15, 0.2) is 28.9 Å². The highest BCUT2D eigenvalue weighted by atomic mass is 79.9. The Hall–Kier alpha value is -0.840. The van der Waals surface area contributed by atoms with Crippen LogP contribution >= 0.6 is 27.5 Å². The Morgan fingerprint density at radius 2 is 2.18 bits per heavy atom. The molecule has 2 rings (SSSR count). The molecule has 1 aromatic carbocycles. The second-order valence-electron chi connectivity index (χ2n) is 3.98. The molecule has 0 saturated carbocycles. The van der Waals surface area contributed by atoms with Crippen molar-refractivity contribution in [2.24, 2.45) is 12.8 Å². The minimum Gasteiger partial charge on any atom is -0.319 e. The number of aromatic nitrogens is 2. The van der Waals surface area contributed by atoms with E-state index in [4.69, 9.17) is 17.3 Å². The summed E-state index contributed by atoms with van der Waals surface area (Å²) < 4.78 is 2.76. The van der Waals surface area contributed by atoms with Crippen molar-refractivity contribution in [3.8, 4) is 0 Å². The zero-order valence-electron chi connectivity index (χ0n) is 9.61. The van der Waals surface area contributed by atoms with E-state index in [2.05, 4.69) is 21.0 Å². The molecule has 0 spiro atoms. The van der Waals surface area contributed by atoms with Crippen molar-refractivity contribution in [2.75, 3.05) is 0 Å². The van der Waals surface area contributed by atoms with Crippen LogP contribution in [0.1, 0.15) is 22.9 Å². The molecule has 1 aromatic heterocycles. The maximum Gasteiger partial charge on any atom is 0.0837 e. The van der Waals surface area contributed by atoms with E-state index in [0.29, 0.717) is 5.02 Å². The van der Waals surface area contributed by atoms with Crippen LogP contribution in [0.5, 0.6) is 0 Å². The lowest BCUT2D eigenvalue weighted by molar-refractivity contribution is 0.671. The number of nitrogens with zero attached hydrogens (tertiary/aromatic N) is 2. The quantitative estimate of drug-likeness (QED) is 0.925. The number of benzene rings is 1. The number of hydrogen-bond acceptors (Lipinski definition) is 2. The maximum absolute atomic E-state index is 6.25. The molecule has 0 aliphatic rings. The molecule has 90 valence electrons. The third-order valence-corrected chi connectivity index (χ3v) is 3.58. The zero-order valence-corrected chi connectivity index (χ0v) is 12.0. The van der Waals surface area contributed by atoms with Crippen LogP contribution in [0.25, 0.3) is 0 Å². The van der Waals surface area contributed by atoms with Crippen LogP contribution in [0.4, 0.5) is 0 Å². The molecule has 2 N–H and O–H groups in total. The standard InChI is InChI=1S/C12H13BrClN3/c1-7-5-8(13)3-4-9(7)11(15)12-10(14)6-16-17(12)2/h3-6,11H,15H2,1-2H3. The van der Waals surface area contributed by atoms with Crippen molar-refractivity contribution in [1.29, 1.82) is 0 Å². The second-order valence-corrected chi connectivity index (χ2v) is 5.30. The Labute approximate surface area is 114 Å². The highest BCUT2D eigenvalue weighted by Crippen LogP contribution is 2.28. The van der Waals surface area contributed by atoms with Crippen LogP contribution in [0.3, 0.4) is 0 Å². The average molecular weight is 315 g/mol. The topological polar surface area (TPSA) is 43.8 Å². The van der Waals surface area contributed by atoms with Gasteiger partial charge in [0.25, 0.3) is 0 Å². The average Bonchev–Trinajstić information content (AvgIpc) is 2.58. The highest BCUT2D eigenvalue weighted by Gasteiger charge is 2.18. The largest absolute Gasteiger partial charge is 0.319 e. The fourth-order valence-corrected chi connectivity index (χ4v) is 2.66. The van der Waals surface area contributed by atoms with Crippen LogP contribution in [-0.2, 0) is 7.05 Å². The van der Waals surface area contributed by atoms with Crippen molar-refractivity contribution in [3.63, 3.8) is 0 Å². The molecule has 0 radical (unpaired) electrons. The summed E-state index contributed by atoms with van der Waals surface area (Å²) in [4.78, 5) is 0. The minimum atomic E-state index is -0.261. The first-order valence-electron chi connectivity index (χ1n) is 5.19. The van der Waals surface area contributed by atoms with E-state index in [9.17, 15) is 0 Å². The summed E-state index contributed by atoms with van der Waals surface area (Å²) in [5.74, 6) is 0. The first kappa shape index (κ1) is 12.6. The molecular weight excluding hydrogens is 302 g/mol. The molecule has 0 bridgehead atoms. The van der Waals surface area contributed by atoms with Gasteiger partial charge >= 0.3 is 0 Å². The first-order valence-corrected chi connectivity index (χ1v) is 6.37. The van der Waals surface area contributed by atoms with E-state index >= 15 is 0 Å². The maximum atomic E-state index is 6.25. The molecule has 0 saturated heterocycles. The number of hydrogen-bond donors (Lipinski definition) is 1. The summed E-state index contributed by atoms with van der Waals surface area (Å²) in [6.45, 7) is 2.03. The lowest BCUT2D eigenvalue weighted by atomic mass is 9.99. The van der Waals surface area contributed by atoms with Gasteiger partial charge in [-0.25, -0.2) is 0 Å². The van der Waals surface area contributed by atoms with Gasteiger partial charge in [-0.15, -0.1) is 0 Å². The van der Waals surface area contributed by atoms with Crippen molar-refractivity contribution in [3.05, 3.63) is 50.7 Å². The van der Waals surface area contributed by atoms with Crippen LogP contribution in [-0.4, -0.2) is 9.78 Å². The molecule has 0 fully saturated rings. The Kier molecular flexibility index (Phi) is 3.56. The zero-order chi connectivity index (χ0) is 12.6. The third-order valence-electron chi connectivity index (χ3n) is 2.80. The van der Waals surface area contributed by atoms with Crippen molar-refractivity contribution < 1.29 is 0 Å². The molecule has 0 aliphatic heterocycles. The Morgan fingerprint density at radius 1 is 1.47 bits per heavy atom. The molecule has 1 unspecified atom stereocenters. The SMILES string of the molecule is Cc1cc(Br)ccc1C(N)c1c(Cl)cnn1C. The predicted molar refractivity (Wildman–Crippen MR) is 73.1 cm³/mol. The molecule has 1 atom stereocenters. The Balaban J connectivity index is 2.47. The van der Waals surface area contributed by atoms with Crippen LogP contribution < -0.4 is 5.73 Å². The van der Waals surface area contributed by atoms with Gasteiger partial charge in [0.05, 0.1) is 23.0 Å². The van der Waals surface area contributed by atoms with Crippen molar-refractivity contribution >= 4 is 27.5 Å². The lowest BCUT2D eigenvalue weighted by Gasteiger charge is -2.16. The van der Waals surface area contributed by atoms with Gasteiger partial charge in [-0.2, -0.15) is 5.10 Å². The monoisotopic (exact) mass is 313 g/mol. The van der Waals surface area contributed by atoms with Gasteiger partial charge in [-0.3, -0.25) is 4.68 Å². The normalized spacial score (nSPS) is 12.8. The summed E-state index contributed by atoms with van der Waals surface area (Å²) in [5, 5.41) is 4.70. The molecule has 3 nitrogen and oxygen atoms in total. The molecule has 0 amide bonds. The van der Waals surface area contributed by atoms with E-state index in [1.165, 1.54) is 0 Å². The van der Waals surface area contributed by atoms with Crippen molar-refractivity contribution in [2.45, 2.75) is 13.0 Å². The summed E-state index contributed by atoms with van der Waals surface area (Å²) in [6, 6.07) is 5.77. The fourth-order valence-electron chi connectivity index (χ4n) is 1.91. The minimum absolute atomic E-state index is 0.261. The third kappa shape index (κ3) is 2.39. The summed E-state index contributed by atoms with van der Waals surface area (Å²) >= 11 is 9.54. The van der Waals surface area contributed by atoms with Gasteiger partial charge in [-0.05, 0) is 30.2 Å². The van der Waals surface area contributed by atoms with E-state index in [1.54, 1.807) is 10.9 Å².